The molecule has 0 unspecified atom stereocenters. The lowest BCUT2D eigenvalue weighted by molar-refractivity contribution is 0.0922. The van der Waals surface area contributed by atoms with Crippen LogP contribution in [0.1, 0.15) is 48.0 Å². The molecule has 1 amide bonds. The molecule has 1 aromatic rings. The molecule has 0 aliphatic heterocycles. The molecule has 1 aliphatic carbocycles. The van der Waals surface area contributed by atoms with Crippen molar-refractivity contribution in [3.05, 3.63) is 33.8 Å². The Morgan fingerprint density at radius 2 is 2.00 bits per heavy atom. The third kappa shape index (κ3) is 3.85. The highest BCUT2D eigenvalue weighted by Crippen LogP contribution is 2.37. The molecule has 0 aromatic heterocycles. The summed E-state index contributed by atoms with van der Waals surface area (Å²) < 4.78 is 0.984. The van der Waals surface area contributed by atoms with Crippen LogP contribution in [0, 0.1) is 12.3 Å². The minimum Gasteiger partial charge on any atom is -0.351 e. The Morgan fingerprint density at radius 1 is 1.30 bits per heavy atom. The molecule has 2 rings (SSSR count). The number of carbonyl (C=O) groups excluding carboxylic acids is 1. The van der Waals surface area contributed by atoms with Crippen LogP contribution in [0.5, 0.6) is 0 Å². The average Bonchev–Trinajstić information content (AvgIpc) is 2.48. The van der Waals surface area contributed by atoms with Crippen molar-refractivity contribution in [1.29, 1.82) is 0 Å². The van der Waals surface area contributed by atoms with Crippen molar-refractivity contribution in [3.63, 3.8) is 0 Å². The van der Waals surface area contributed by atoms with E-state index >= 15 is 0 Å². The summed E-state index contributed by atoms with van der Waals surface area (Å²) >= 11 is 7.12. The zero-order valence-corrected chi connectivity index (χ0v) is 15.0. The largest absolute Gasteiger partial charge is 0.351 e. The smallest absolute Gasteiger partial charge is 0.251 e. The van der Waals surface area contributed by atoms with Crippen LogP contribution in [0.2, 0.25) is 0 Å². The zero-order valence-electron chi connectivity index (χ0n) is 11.8. The van der Waals surface area contributed by atoms with E-state index in [0.717, 1.165) is 27.5 Å². The van der Waals surface area contributed by atoms with E-state index in [1.807, 2.05) is 25.1 Å². The maximum Gasteiger partial charge on any atom is 0.251 e. The molecule has 110 valence electrons. The first-order chi connectivity index (χ1) is 9.56. The summed E-state index contributed by atoms with van der Waals surface area (Å²) in [7, 11) is 0. The van der Waals surface area contributed by atoms with Crippen LogP contribution in [0.25, 0.3) is 0 Å². The van der Waals surface area contributed by atoms with Gasteiger partial charge in [0.1, 0.15) is 0 Å². The van der Waals surface area contributed by atoms with Gasteiger partial charge in [-0.25, -0.2) is 0 Å². The number of hydrogen-bond acceptors (Lipinski definition) is 1. The molecule has 0 bridgehead atoms. The Bertz CT molecular complexity index is 481. The lowest BCUT2D eigenvalue weighted by Crippen LogP contribution is -2.40. The standard InChI is InChI=1S/C16H21Br2NO/c1-12-5-6-13(9-14(12)18)15(20)19-11-16(10-17)7-3-2-4-8-16/h5-6,9H,2-4,7-8,10-11H2,1H3,(H,19,20). The highest BCUT2D eigenvalue weighted by Gasteiger charge is 2.31. The van der Waals surface area contributed by atoms with Gasteiger partial charge < -0.3 is 5.32 Å². The van der Waals surface area contributed by atoms with E-state index in [4.69, 9.17) is 0 Å². The van der Waals surface area contributed by atoms with E-state index in [9.17, 15) is 4.79 Å². The molecule has 0 heterocycles. The van der Waals surface area contributed by atoms with Gasteiger partial charge >= 0.3 is 0 Å². The van der Waals surface area contributed by atoms with Crippen LogP contribution in [-0.4, -0.2) is 17.8 Å². The first-order valence-electron chi connectivity index (χ1n) is 7.17. The minimum atomic E-state index is 0.0246. The Kier molecular flexibility index (Phi) is 5.67. The fourth-order valence-electron chi connectivity index (χ4n) is 2.76. The summed E-state index contributed by atoms with van der Waals surface area (Å²) in [6.07, 6.45) is 6.29. The van der Waals surface area contributed by atoms with Crippen molar-refractivity contribution in [2.45, 2.75) is 39.0 Å². The van der Waals surface area contributed by atoms with Gasteiger partial charge in [-0.05, 0) is 42.9 Å². The molecule has 20 heavy (non-hydrogen) atoms. The minimum absolute atomic E-state index is 0.0246. The third-order valence-electron chi connectivity index (χ3n) is 4.26. The van der Waals surface area contributed by atoms with E-state index in [1.54, 1.807) is 0 Å². The van der Waals surface area contributed by atoms with Gasteiger partial charge in [-0.1, -0.05) is 57.2 Å². The van der Waals surface area contributed by atoms with Gasteiger partial charge in [-0.3, -0.25) is 4.79 Å². The number of hydrogen-bond donors (Lipinski definition) is 1. The van der Waals surface area contributed by atoms with E-state index < -0.39 is 0 Å². The quantitative estimate of drug-likeness (QED) is 0.717. The van der Waals surface area contributed by atoms with Crippen molar-refractivity contribution < 1.29 is 4.79 Å². The second kappa shape index (κ2) is 7.08. The maximum absolute atomic E-state index is 12.3. The lowest BCUT2D eigenvalue weighted by Gasteiger charge is -2.35. The van der Waals surface area contributed by atoms with Crippen LogP contribution >= 0.6 is 31.9 Å². The molecule has 2 nitrogen and oxygen atoms in total. The molecule has 1 aromatic carbocycles. The molecule has 1 N–H and O–H groups in total. The maximum atomic E-state index is 12.3. The first kappa shape index (κ1) is 16.0. The lowest BCUT2D eigenvalue weighted by atomic mass is 9.75. The van der Waals surface area contributed by atoms with E-state index in [1.165, 1.54) is 32.1 Å². The predicted octanol–water partition coefficient (Wildman–Crippen LogP) is 4.83. The first-order valence-corrected chi connectivity index (χ1v) is 9.08. The van der Waals surface area contributed by atoms with E-state index in [2.05, 4.69) is 37.2 Å². The van der Waals surface area contributed by atoms with Crippen molar-refractivity contribution in [1.82, 2.24) is 5.32 Å². The molecule has 0 atom stereocenters. The summed E-state index contributed by atoms with van der Waals surface area (Å²) in [5, 5.41) is 4.09. The third-order valence-corrected chi connectivity index (χ3v) is 6.30. The Hall–Kier alpha value is -0.350. The Morgan fingerprint density at radius 3 is 2.60 bits per heavy atom. The monoisotopic (exact) mass is 401 g/mol. The predicted molar refractivity (Wildman–Crippen MR) is 90.5 cm³/mol. The van der Waals surface area contributed by atoms with Gasteiger partial charge in [0.2, 0.25) is 0 Å². The molecular weight excluding hydrogens is 382 g/mol. The fourth-order valence-corrected chi connectivity index (χ4v) is 3.90. The van der Waals surface area contributed by atoms with Crippen LogP contribution in [-0.2, 0) is 0 Å². The van der Waals surface area contributed by atoms with Crippen LogP contribution < -0.4 is 5.32 Å². The summed E-state index contributed by atoms with van der Waals surface area (Å²) in [5.74, 6) is 0.0246. The number of rotatable bonds is 4. The van der Waals surface area contributed by atoms with E-state index in [0.29, 0.717) is 0 Å². The molecule has 1 saturated carbocycles. The Balaban J connectivity index is 1.98. The van der Waals surface area contributed by atoms with Crippen molar-refractivity contribution in [2.24, 2.45) is 5.41 Å². The number of halogens is 2. The van der Waals surface area contributed by atoms with Crippen LogP contribution in [0.15, 0.2) is 22.7 Å². The highest BCUT2D eigenvalue weighted by molar-refractivity contribution is 9.10. The fraction of sp³-hybridized carbons (Fsp3) is 0.562. The van der Waals surface area contributed by atoms with Gasteiger partial charge in [0.15, 0.2) is 0 Å². The van der Waals surface area contributed by atoms with Gasteiger partial charge in [0.25, 0.3) is 5.91 Å². The second-order valence-corrected chi connectivity index (χ2v) is 7.26. The van der Waals surface area contributed by atoms with Gasteiger partial charge in [-0.2, -0.15) is 0 Å². The number of benzene rings is 1. The number of nitrogens with one attached hydrogen (secondary N) is 1. The van der Waals surface area contributed by atoms with Crippen LogP contribution in [0.4, 0.5) is 0 Å². The van der Waals surface area contributed by atoms with E-state index in [-0.39, 0.29) is 11.3 Å². The SMILES string of the molecule is Cc1ccc(C(=O)NCC2(CBr)CCCCC2)cc1Br. The molecule has 0 radical (unpaired) electrons. The second-order valence-electron chi connectivity index (χ2n) is 5.84. The summed E-state index contributed by atoms with van der Waals surface area (Å²) in [4.78, 5) is 12.3. The van der Waals surface area contributed by atoms with Crippen molar-refractivity contribution in [3.8, 4) is 0 Å². The molecule has 4 heteroatoms. The number of carbonyl (C=O) groups is 1. The molecule has 0 saturated heterocycles. The number of aryl methyl sites for hydroxylation is 1. The zero-order chi connectivity index (χ0) is 14.6. The van der Waals surface area contributed by atoms with Gasteiger partial charge in [0.05, 0.1) is 0 Å². The van der Waals surface area contributed by atoms with Gasteiger partial charge in [-0.15, -0.1) is 0 Å². The van der Waals surface area contributed by atoms with Gasteiger partial charge in [0, 0.05) is 21.9 Å². The summed E-state index contributed by atoms with van der Waals surface area (Å²) in [6, 6.07) is 5.75. The average molecular weight is 403 g/mol. The molecule has 0 spiro atoms. The van der Waals surface area contributed by atoms with Crippen LogP contribution in [0.3, 0.4) is 0 Å². The van der Waals surface area contributed by atoms with Crippen molar-refractivity contribution in [2.75, 3.05) is 11.9 Å². The molecule has 1 aliphatic rings. The highest BCUT2D eigenvalue weighted by atomic mass is 79.9. The number of amides is 1. The van der Waals surface area contributed by atoms with Crippen molar-refractivity contribution >= 4 is 37.8 Å². The topological polar surface area (TPSA) is 29.1 Å². The normalized spacial score (nSPS) is 17.8. The molecular formula is C16H21Br2NO. The molecule has 1 fully saturated rings. The Labute approximate surface area is 138 Å². The number of alkyl halides is 1. The summed E-state index contributed by atoms with van der Waals surface area (Å²) in [5.41, 5.74) is 2.12. The summed E-state index contributed by atoms with van der Waals surface area (Å²) in [6.45, 7) is 2.79.